The molecule has 2 aromatic rings. The maximum atomic E-state index is 12.2. The molecule has 0 radical (unpaired) electrons. The third kappa shape index (κ3) is 2.48. The lowest BCUT2D eigenvalue weighted by Crippen LogP contribution is -2.25. The molecule has 3 rings (SSSR count). The summed E-state index contributed by atoms with van der Waals surface area (Å²) < 4.78 is 0. The first kappa shape index (κ1) is 14.0. The zero-order chi connectivity index (χ0) is 14.5. The van der Waals surface area contributed by atoms with Crippen LogP contribution in [0.2, 0.25) is 10.0 Å². The number of hydrogen-bond acceptors (Lipinski definition) is 4. The van der Waals surface area contributed by atoms with E-state index in [1.807, 2.05) is 0 Å². The molecule has 2 aromatic heterocycles. The summed E-state index contributed by atoms with van der Waals surface area (Å²) in [6, 6.07) is 1.64. The Morgan fingerprint density at radius 2 is 2.05 bits per heavy atom. The van der Waals surface area contributed by atoms with E-state index in [-0.39, 0.29) is 11.2 Å². The summed E-state index contributed by atoms with van der Waals surface area (Å²) in [5, 5.41) is 1.62. The number of fused-ring (bicyclic) bond motifs is 1. The fourth-order valence-corrected chi connectivity index (χ4v) is 3.95. The van der Waals surface area contributed by atoms with Gasteiger partial charge in [-0.25, -0.2) is 4.98 Å². The highest BCUT2D eigenvalue weighted by Gasteiger charge is 2.34. The van der Waals surface area contributed by atoms with Crippen molar-refractivity contribution in [3.63, 3.8) is 0 Å². The van der Waals surface area contributed by atoms with Gasteiger partial charge in [0.25, 0.3) is 0 Å². The Bertz CT molecular complexity index is 709. The topological polar surface area (TPSA) is 42.9 Å². The van der Waals surface area contributed by atoms with E-state index in [0.29, 0.717) is 27.2 Å². The van der Waals surface area contributed by atoms with Gasteiger partial charge < -0.3 is 0 Å². The molecule has 3 nitrogen and oxygen atoms in total. The van der Waals surface area contributed by atoms with Gasteiger partial charge in [0.05, 0.1) is 20.6 Å². The van der Waals surface area contributed by atoms with E-state index in [1.165, 1.54) is 17.5 Å². The largest absolute Gasteiger partial charge is 0.293 e. The van der Waals surface area contributed by atoms with Crippen molar-refractivity contribution < 1.29 is 4.79 Å². The van der Waals surface area contributed by atoms with Crippen LogP contribution >= 0.6 is 34.5 Å². The number of Topliss-reactive ketones (excluding diaryl/α,β-unsaturated/α-hetero) is 1. The first-order chi connectivity index (χ1) is 9.35. The molecule has 2 heterocycles. The molecule has 0 spiro atoms. The van der Waals surface area contributed by atoms with Gasteiger partial charge in [-0.05, 0) is 17.9 Å². The number of carbonyl (C=O) groups is 1. The highest BCUT2D eigenvalue weighted by atomic mass is 35.5. The molecule has 104 valence electrons. The van der Waals surface area contributed by atoms with E-state index in [9.17, 15) is 4.79 Å². The number of aromatic nitrogens is 2. The lowest BCUT2D eigenvalue weighted by Gasteiger charge is -2.26. The Balaban J connectivity index is 2.08. The lowest BCUT2D eigenvalue weighted by molar-refractivity contribution is 0.0916. The first-order valence-corrected chi connectivity index (χ1v) is 7.77. The maximum Gasteiger partial charge on any atom is 0.175 e. The number of pyridine rings is 1. The fraction of sp³-hybridized carbons (Fsp3) is 0.357. The Morgan fingerprint density at radius 3 is 2.75 bits per heavy atom. The minimum atomic E-state index is -0.0351. The van der Waals surface area contributed by atoms with Gasteiger partial charge in [0.2, 0.25) is 0 Å². The number of thiazole rings is 1. The van der Waals surface area contributed by atoms with Gasteiger partial charge in [-0.2, -0.15) is 0 Å². The predicted molar refractivity (Wildman–Crippen MR) is 81.8 cm³/mol. The van der Waals surface area contributed by atoms with Crippen LogP contribution in [0.5, 0.6) is 0 Å². The molecular formula is C14H12Cl2N2OS. The highest BCUT2D eigenvalue weighted by molar-refractivity contribution is 7.17. The summed E-state index contributed by atoms with van der Waals surface area (Å²) in [6.45, 7) is 4.17. The van der Waals surface area contributed by atoms with Gasteiger partial charge in [0.1, 0.15) is 10.7 Å². The first-order valence-electron chi connectivity index (χ1n) is 6.20. The van der Waals surface area contributed by atoms with Crippen LogP contribution in [-0.2, 0) is 6.42 Å². The Kier molecular flexibility index (Phi) is 3.35. The molecular weight excluding hydrogens is 315 g/mol. The van der Waals surface area contributed by atoms with Crippen LogP contribution in [0.25, 0.3) is 10.7 Å². The van der Waals surface area contributed by atoms with Crippen molar-refractivity contribution in [1.82, 2.24) is 9.97 Å². The van der Waals surface area contributed by atoms with Gasteiger partial charge in [-0.15, -0.1) is 11.3 Å². The molecule has 0 aliphatic heterocycles. The molecule has 0 atom stereocenters. The monoisotopic (exact) mass is 326 g/mol. The van der Waals surface area contributed by atoms with Crippen LogP contribution in [0.4, 0.5) is 0 Å². The lowest BCUT2D eigenvalue weighted by atomic mass is 9.78. The van der Waals surface area contributed by atoms with E-state index >= 15 is 0 Å². The molecule has 6 heteroatoms. The van der Waals surface area contributed by atoms with Gasteiger partial charge in [0.15, 0.2) is 5.78 Å². The SMILES string of the molecule is CC1(C)CC(=O)c2sc(-c3ncc(Cl)cc3Cl)nc2C1. The smallest absolute Gasteiger partial charge is 0.175 e. The summed E-state index contributed by atoms with van der Waals surface area (Å²) >= 11 is 13.4. The second-order valence-electron chi connectivity index (χ2n) is 5.72. The van der Waals surface area contributed by atoms with Crippen molar-refractivity contribution in [3.05, 3.63) is 32.9 Å². The van der Waals surface area contributed by atoms with Crippen LogP contribution in [0, 0.1) is 5.41 Å². The van der Waals surface area contributed by atoms with Crippen molar-refractivity contribution in [2.45, 2.75) is 26.7 Å². The van der Waals surface area contributed by atoms with E-state index < -0.39 is 0 Å². The molecule has 0 aromatic carbocycles. The summed E-state index contributed by atoms with van der Waals surface area (Å²) in [7, 11) is 0. The summed E-state index contributed by atoms with van der Waals surface area (Å²) in [6.07, 6.45) is 2.90. The van der Waals surface area contributed by atoms with Crippen molar-refractivity contribution in [2.24, 2.45) is 5.41 Å². The van der Waals surface area contributed by atoms with Crippen molar-refractivity contribution in [2.75, 3.05) is 0 Å². The average Bonchev–Trinajstić information content (AvgIpc) is 2.70. The highest BCUT2D eigenvalue weighted by Crippen LogP contribution is 2.40. The van der Waals surface area contributed by atoms with Crippen LogP contribution in [0.3, 0.4) is 0 Å². The second-order valence-corrected chi connectivity index (χ2v) is 7.56. The maximum absolute atomic E-state index is 12.2. The summed E-state index contributed by atoms with van der Waals surface area (Å²) in [5.41, 5.74) is 1.41. The molecule has 1 aliphatic rings. The standard InChI is InChI=1S/C14H12Cl2N2OS/c1-14(2)4-9-12(10(19)5-14)20-13(18-9)11-8(16)3-7(15)6-17-11/h3,6H,4-5H2,1-2H3. The van der Waals surface area contributed by atoms with Crippen molar-refractivity contribution >= 4 is 40.3 Å². The molecule has 1 aliphatic carbocycles. The van der Waals surface area contributed by atoms with E-state index in [4.69, 9.17) is 23.2 Å². The number of hydrogen-bond donors (Lipinski definition) is 0. The van der Waals surface area contributed by atoms with Gasteiger partial charge >= 0.3 is 0 Å². The van der Waals surface area contributed by atoms with E-state index in [2.05, 4.69) is 23.8 Å². The van der Waals surface area contributed by atoms with E-state index in [1.54, 1.807) is 6.07 Å². The predicted octanol–water partition coefficient (Wildman–Crippen LogP) is 4.67. The molecule has 0 N–H and O–H groups in total. The zero-order valence-electron chi connectivity index (χ0n) is 11.0. The number of ketones is 1. The number of rotatable bonds is 1. The molecule has 0 amide bonds. The van der Waals surface area contributed by atoms with Crippen LogP contribution in [0.15, 0.2) is 12.3 Å². The Hall–Kier alpha value is -0.970. The van der Waals surface area contributed by atoms with Gasteiger partial charge in [-0.1, -0.05) is 37.0 Å². The number of carbonyl (C=O) groups excluding carboxylic acids is 1. The Labute approximate surface area is 131 Å². The zero-order valence-corrected chi connectivity index (χ0v) is 13.4. The average molecular weight is 327 g/mol. The number of nitrogens with zero attached hydrogens (tertiary/aromatic N) is 2. The second kappa shape index (κ2) is 4.79. The number of halogens is 2. The van der Waals surface area contributed by atoms with E-state index in [0.717, 1.165) is 17.0 Å². The minimum Gasteiger partial charge on any atom is -0.293 e. The van der Waals surface area contributed by atoms with Gasteiger partial charge in [-0.3, -0.25) is 9.78 Å². The summed E-state index contributed by atoms with van der Waals surface area (Å²) in [5.74, 6) is 0.157. The van der Waals surface area contributed by atoms with Crippen molar-refractivity contribution in [1.29, 1.82) is 0 Å². The van der Waals surface area contributed by atoms with Gasteiger partial charge in [0, 0.05) is 12.6 Å². The van der Waals surface area contributed by atoms with Crippen LogP contribution < -0.4 is 0 Å². The van der Waals surface area contributed by atoms with Crippen LogP contribution in [0.1, 0.15) is 35.6 Å². The quantitative estimate of drug-likeness (QED) is 0.764. The molecule has 0 saturated heterocycles. The normalized spacial score (nSPS) is 17.1. The molecule has 20 heavy (non-hydrogen) atoms. The minimum absolute atomic E-state index is 0.0351. The molecule has 0 saturated carbocycles. The molecule has 0 unspecified atom stereocenters. The van der Waals surface area contributed by atoms with Crippen molar-refractivity contribution in [3.8, 4) is 10.7 Å². The fourth-order valence-electron chi connectivity index (χ4n) is 2.39. The van der Waals surface area contributed by atoms with Crippen LogP contribution in [-0.4, -0.2) is 15.8 Å². The molecule has 0 fully saturated rings. The third-order valence-corrected chi connectivity index (χ3v) is 4.89. The third-order valence-electron chi connectivity index (χ3n) is 3.25. The Morgan fingerprint density at radius 1 is 1.30 bits per heavy atom. The summed E-state index contributed by atoms with van der Waals surface area (Å²) in [4.78, 5) is 21.7. The molecule has 0 bridgehead atoms.